The van der Waals surface area contributed by atoms with Crippen molar-refractivity contribution in [2.45, 2.75) is 24.9 Å². The molecular formula is C10H5F7IN3. The summed E-state index contributed by atoms with van der Waals surface area (Å²) in [7, 11) is 0. The molecule has 0 aliphatic carbocycles. The predicted molar refractivity (Wildman–Crippen MR) is 65.3 cm³/mol. The second-order valence-corrected chi connectivity index (χ2v) is 5.16. The molecule has 0 bridgehead atoms. The van der Waals surface area contributed by atoms with Gasteiger partial charge in [-0.1, -0.05) is 0 Å². The van der Waals surface area contributed by atoms with Crippen LogP contribution in [0.1, 0.15) is 11.4 Å². The summed E-state index contributed by atoms with van der Waals surface area (Å²) in [5, 5.41) is 0. The third-order valence-corrected chi connectivity index (χ3v) is 3.99. The molecule has 2 heterocycles. The number of imidazole rings is 1. The lowest BCUT2D eigenvalue weighted by molar-refractivity contribution is -0.360. The quantitative estimate of drug-likeness (QED) is 0.538. The monoisotopic (exact) mass is 427 g/mol. The van der Waals surface area contributed by atoms with E-state index >= 15 is 0 Å². The summed E-state index contributed by atoms with van der Waals surface area (Å²) >= 11 is 1.80. The first-order chi connectivity index (χ1) is 9.39. The number of nitrogens with zero attached hydrogens (tertiary/aromatic N) is 3. The summed E-state index contributed by atoms with van der Waals surface area (Å²) in [5.41, 5.74) is -1.49. The largest absolute Gasteiger partial charge is 0.460 e. The minimum Gasteiger partial charge on any atom is -0.278 e. The minimum absolute atomic E-state index is 0.195. The van der Waals surface area contributed by atoms with E-state index in [0.717, 1.165) is 6.33 Å². The summed E-state index contributed by atoms with van der Waals surface area (Å²) in [5.74, 6) is -11.7. The van der Waals surface area contributed by atoms with Crippen LogP contribution in [0.4, 0.5) is 30.7 Å². The third kappa shape index (κ3) is 2.34. The Kier molecular flexibility index (Phi) is 3.62. The van der Waals surface area contributed by atoms with Crippen LogP contribution in [0.5, 0.6) is 0 Å². The molecule has 2 rings (SSSR count). The minimum atomic E-state index is -6.40. The van der Waals surface area contributed by atoms with E-state index in [1.54, 1.807) is 22.6 Å². The Labute approximate surface area is 126 Å². The van der Waals surface area contributed by atoms with Crippen molar-refractivity contribution in [3.05, 3.63) is 27.5 Å². The van der Waals surface area contributed by atoms with Gasteiger partial charge in [0.05, 0.1) is 5.69 Å². The van der Waals surface area contributed by atoms with E-state index in [2.05, 4.69) is 9.97 Å². The molecule has 0 saturated carbocycles. The Hall–Kier alpha value is -1.14. The normalized spacial score (nSPS) is 14.0. The number of halogens is 8. The van der Waals surface area contributed by atoms with Crippen molar-refractivity contribution in [3.63, 3.8) is 0 Å². The Morgan fingerprint density at radius 2 is 1.67 bits per heavy atom. The van der Waals surface area contributed by atoms with Gasteiger partial charge in [-0.3, -0.25) is 4.40 Å². The van der Waals surface area contributed by atoms with Gasteiger partial charge in [0.1, 0.15) is 21.4 Å². The van der Waals surface area contributed by atoms with Gasteiger partial charge in [0.25, 0.3) is 0 Å². The lowest BCUT2D eigenvalue weighted by atomic mass is 10.1. The zero-order valence-corrected chi connectivity index (χ0v) is 12.2. The maximum Gasteiger partial charge on any atom is 0.460 e. The molecule has 2 aromatic rings. The van der Waals surface area contributed by atoms with E-state index in [1.807, 2.05) is 0 Å². The second kappa shape index (κ2) is 4.68. The molecule has 0 aliphatic rings. The molecule has 0 N–H and O–H groups in total. The maximum atomic E-state index is 13.5. The molecule has 0 fully saturated rings. The van der Waals surface area contributed by atoms with E-state index < -0.39 is 23.7 Å². The van der Waals surface area contributed by atoms with Crippen molar-refractivity contribution in [2.75, 3.05) is 0 Å². The van der Waals surface area contributed by atoms with Crippen molar-refractivity contribution in [1.82, 2.24) is 14.4 Å². The smallest absolute Gasteiger partial charge is 0.278 e. The van der Waals surface area contributed by atoms with Gasteiger partial charge in [-0.2, -0.15) is 30.7 Å². The lowest BCUT2D eigenvalue weighted by Crippen LogP contribution is -2.50. The van der Waals surface area contributed by atoms with Crippen LogP contribution in [-0.2, 0) is 5.92 Å². The number of fused-ring (bicyclic) bond motifs is 1. The molecule has 0 aromatic carbocycles. The van der Waals surface area contributed by atoms with Gasteiger partial charge in [-0.05, 0) is 29.5 Å². The SMILES string of the molecule is Cc1nc2cc(C(F)(F)C(F)(F)C(F)(F)F)ncn2c1I. The van der Waals surface area contributed by atoms with Crippen molar-refractivity contribution >= 4 is 28.2 Å². The van der Waals surface area contributed by atoms with E-state index in [9.17, 15) is 30.7 Å². The molecule has 2 aromatic heterocycles. The van der Waals surface area contributed by atoms with Crippen molar-refractivity contribution in [3.8, 4) is 0 Å². The molecule has 3 nitrogen and oxygen atoms in total. The van der Waals surface area contributed by atoms with E-state index in [4.69, 9.17) is 0 Å². The first-order valence-electron chi connectivity index (χ1n) is 5.22. The fourth-order valence-corrected chi connectivity index (χ4v) is 2.04. The first-order valence-corrected chi connectivity index (χ1v) is 6.30. The van der Waals surface area contributed by atoms with Crippen LogP contribution >= 0.6 is 22.6 Å². The van der Waals surface area contributed by atoms with E-state index in [1.165, 1.54) is 11.3 Å². The zero-order valence-electron chi connectivity index (χ0n) is 10.0. The highest BCUT2D eigenvalue weighted by molar-refractivity contribution is 14.1. The highest BCUT2D eigenvalue weighted by atomic mass is 127. The third-order valence-electron chi connectivity index (χ3n) is 2.69. The van der Waals surface area contributed by atoms with Gasteiger partial charge in [0, 0.05) is 6.07 Å². The summed E-state index contributed by atoms with van der Waals surface area (Å²) < 4.78 is 90.9. The highest BCUT2D eigenvalue weighted by Crippen LogP contribution is 2.51. The summed E-state index contributed by atoms with van der Waals surface area (Å²) in [4.78, 5) is 6.81. The predicted octanol–water partition coefficient (Wildman–Crippen LogP) is 3.93. The van der Waals surface area contributed by atoms with Crippen molar-refractivity contribution < 1.29 is 30.7 Å². The van der Waals surface area contributed by atoms with Crippen molar-refractivity contribution in [2.24, 2.45) is 0 Å². The van der Waals surface area contributed by atoms with Crippen LogP contribution in [0.25, 0.3) is 5.65 Å². The first kappa shape index (κ1) is 16.2. The number of hydrogen-bond donors (Lipinski definition) is 0. The molecule has 0 aliphatic heterocycles. The fourth-order valence-electron chi connectivity index (χ4n) is 1.55. The molecule has 0 amide bonds. The van der Waals surface area contributed by atoms with Crippen LogP contribution in [0.3, 0.4) is 0 Å². The van der Waals surface area contributed by atoms with E-state index in [-0.39, 0.29) is 5.65 Å². The molecule has 0 atom stereocenters. The van der Waals surface area contributed by atoms with Gasteiger partial charge in [-0.25, -0.2) is 9.97 Å². The standard InChI is InChI=1S/C10H5F7IN3/c1-4-7(18)21-3-19-5(2-6(21)20-4)8(11,12)9(13,14)10(15,16)17/h2-3H,1H3. The van der Waals surface area contributed by atoms with Gasteiger partial charge in [0.2, 0.25) is 0 Å². The number of aromatic nitrogens is 3. The number of aryl methyl sites for hydroxylation is 1. The van der Waals surface area contributed by atoms with Gasteiger partial charge in [0.15, 0.2) is 0 Å². The molecule has 116 valence electrons. The average Bonchev–Trinajstić information content (AvgIpc) is 2.63. The topological polar surface area (TPSA) is 30.2 Å². The van der Waals surface area contributed by atoms with Crippen LogP contribution in [0, 0.1) is 10.6 Å². The molecule has 0 spiro atoms. The average molecular weight is 427 g/mol. The number of rotatable bonds is 2. The van der Waals surface area contributed by atoms with Crippen LogP contribution < -0.4 is 0 Å². The van der Waals surface area contributed by atoms with E-state index in [0.29, 0.717) is 15.5 Å². The van der Waals surface area contributed by atoms with Crippen molar-refractivity contribution in [1.29, 1.82) is 0 Å². The Morgan fingerprint density at radius 1 is 1.10 bits per heavy atom. The molecule has 0 radical (unpaired) electrons. The summed E-state index contributed by atoms with van der Waals surface area (Å²) in [6, 6.07) is 0.412. The Bertz CT molecular complexity index is 692. The summed E-state index contributed by atoms with van der Waals surface area (Å²) in [6.45, 7) is 1.52. The molecule has 0 saturated heterocycles. The van der Waals surface area contributed by atoms with Crippen LogP contribution in [0.15, 0.2) is 12.4 Å². The Morgan fingerprint density at radius 3 is 2.19 bits per heavy atom. The van der Waals surface area contributed by atoms with Crippen LogP contribution in [0.2, 0.25) is 0 Å². The fraction of sp³-hybridized carbons (Fsp3) is 0.400. The number of alkyl halides is 7. The highest BCUT2D eigenvalue weighted by Gasteiger charge is 2.74. The molecule has 11 heteroatoms. The van der Waals surface area contributed by atoms with Gasteiger partial charge < -0.3 is 0 Å². The number of hydrogen-bond acceptors (Lipinski definition) is 2. The Balaban J connectivity index is 2.60. The van der Waals surface area contributed by atoms with Gasteiger partial charge in [-0.15, -0.1) is 0 Å². The second-order valence-electron chi connectivity index (χ2n) is 4.14. The van der Waals surface area contributed by atoms with Gasteiger partial charge >= 0.3 is 18.0 Å². The van der Waals surface area contributed by atoms with Crippen LogP contribution in [-0.4, -0.2) is 26.5 Å². The summed E-state index contributed by atoms with van der Waals surface area (Å²) in [6.07, 6.45) is -5.67. The maximum absolute atomic E-state index is 13.5. The lowest BCUT2D eigenvalue weighted by Gasteiger charge is -2.27. The zero-order chi connectivity index (χ0) is 16.2. The molecule has 0 unspecified atom stereocenters. The molecular weight excluding hydrogens is 422 g/mol. The molecule has 21 heavy (non-hydrogen) atoms.